The molecule has 9 nitrogen and oxygen atoms in total. The summed E-state index contributed by atoms with van der Waals surface area (Å²) in [4.78, 5) is 48.2. The number of carboxylic acids is 1. The average molecular weight is 582 g/mol. The molecule has 0 saturated heterocycles. The van der Waals surface area contributed by atoms with Crippen molar-refractivity contribution in [3.05, 3.63) is 101 Å². The highest BCUT2D eigenvalue weighted by Gasteiger charge is 2.29. The summed E-state index contributed by atoms with van der Waals surface area (Å²) < 4.78 is 10.8. The first-order valence-corrected chi connectivity index (χ1v) is 13.8. The van der Waals surface area contributed by atoms with Gasteiger partial charge in [-0.2, -0.15) is 0 Å². The Hall–Kier alpha value is -5.18. The van der Waals surface area contributed by atoms with E-state index in [1.54, 1.807) is 39.0 Å². The van der Waals surface area contributed by atoms with Gasteiger partial charge in [0.15, 0.2) is 0 Å². The van der Waals surface area contributed by atoms with Crippen LogP contribution in [-0.4, -0.2) is 42.7 Å². The second-order valence-corrected chi connectivity index (χ2v) is 10.9. The van der Waals surface area contributed by atoms with Gasteiger partial charge in [0.05, 0.1) is 5.97 Å². The number of carbonyl (C=O) groups is 4. The molecule has 43 heavy (non-hydrogen) atoms. The van der Waals surface area contributed by atoms with Crippen LogP contribution in [0.15, 0.2) is 78.9 Å². The maximum absolute atomic E-state index is 12.7. The van der Waals surface area contributed by atoms with Crippen LogP contribution >= 0.6 is 0 Å². The molecule has 9 heteroatoms. The van der Waals surface area contributed by atoms with Crippen molar-refractivity contribution in [3.8, 4) is 11.1 Å². The van der Waals surface area contributed by atoms with Crippen LogP contribution in [-0.2, 0) is 23.9 Å². The van der Waals surface area contributed by atoms with Crippen LogP contribution in [0.5, 0.6) is 0 Å². The van der Waals surface area contributed by atoms with Gasteiger partial charge in [0, 0.05) is 30.6 Å². The van der Waals surface area contributed by atoms with E-state index >= 15 is 0 Å². The smallest absolute Gasteiger partial charge is 0.407 e. The van der Waals surface area contributed by atoms with Crippen LogP contribution in [0, 0.1) is 0 Å². The van der Waals surface area contributed by atoms with Crippen LogP contribution in [0.2, 0.25) is 0 Å². The summed E-state index contributed by atoms with van der Waals surface area (Å²) in [5.74, 6) is -2.41. The summed E-state index contributed by atoms with van der Waals surface area (Å²) in [6, 6.07) is 20.9. The molecule has 4 rings (SSSR count). The number of anilines is 1. The molecular weight excluding hydrogens is 548 g/mol. The molecule has 0 bridgehead atoms. The van der Waals surface area contributed by atoms with E-state index < -0.39 is 29.5 Å². The number of ether oxygens (including phenoxy) is 2. The quantitative estimate of drug-likeness (QED) is 0.262. The molecule has 2 N–H and O–H groups in total. The summed E-state index contributed by atoms with van der Waals surface area (Å²) in [5.41, 5.74) is 5.12. The van der Waals surface area contributed by atoms with E-state index in [4.69, 9.17) is 9.47 Å². The first-order valence-electron chi connectivity index (χ1n) is 13.8. The molecule has 0 atom stereocenters. The van der Waals surface area contributed by atoms with Gasteiger partial charge in [-0.3, -0.25) is 4.79 Å². The number of benzene rings is 3. The van der Waals surface area contributed by atoms with Crippen molar-refractivity contribution in [2.75, 3.05) is 18.5 Å². The molecule has 0 heterocycles. The van der Waals surface area contributed by atoms with Crippen molar-refractivity contribution in [1.29, 1.82) is 0 Å². The normalized spacial score (nSPS) is 12.5. The molecule has 0 spiro atoms. The van der Waals surface area contributed by atoms with E-state index in [2.05, 4.69) is 22.8 Å². The lowest BCUT2D eigenvalue weighted by Crippen LogP contribution is -2.29. The standard InChI is InChI=1S/C34H34N2O7/c1-34(2,3)43-32(40)17-15-23-14-12-22(13-16-31(38)39)20-29(23)36-30(37)18-19-35-33(41)42-21-28-26-10-6-4-8-24(26)25-9-5-7-11-27(25)28/h4-17,20,28H,18-19,21H2,1-3H3,(H,35,41)(H,36,37)(H,38,39)/p-1/b16-13+,17-15+. The number of rotatable bonds is 10. The monoisotopic (exact) mass is 581 g/mol. The Balaban J connectivity index is 1.33. The minimum atomic E-state index is -1.36. The Kier molecular flexibility index (Phi) is 9.77. The Morgan fingerprint density at radius 3 is 2.16 bits per heavy atom. The van der Waals surface area contributed by atoms with Crippen molar-refractivity contribution in [2.45, 2.75) is 38.7 Å². The molecule has 2 amide bonds. The summed E-state index contributed by atoms with van der Waals surface area (Å²) in [5, 5.41) is 16.2. The second kappa shape index (κ2) is 13.7. The first-order chi connectivity index (χ1) is 20.5. The molecular formula is C34H33N2O7-. The van der Waals surface area contributed by atoms with Gasteiger partial charge in [-0.25, -0.2) is 9.59 Å². The van der Waals surface area contributed by atoms with Crippen LogP contribution in [0.25, 0.3) is 23.3 Å². The zero-order valence-electron chi connectivity index (χ0n) is 24.2. The third-order valence-electron chi connectivity index (χ3n) is 6.53. The lowest BCUT2D eigenvalue weighted by atomic mass is 9.98. The number of esters is 1. The highest BCUT2D eigenvalue weighted by Crippen LogP contribution is 2.44. The number of amides is 2. The van der Waals surface area contributed by atoms with Crippen LogP contribution in [0.3, 0.4) is 0 Å². The third-order valence-corrected chi connectivity index (χ3v) is 6.53. The van der Waals surface area contributed by atoms with E-state index in [1.807, 2.05) is 36.4 Å². The summed E-state index contributed by atoms with van der Waals surface area (Å²) in [6.07, 6.45) is 4.24. The third kappa shape index (κ3) is 8.65. The molecule has 1 aliphatic rings. The predicted molar refractivity (Wildman–Crippen MR) is 162 cm³/mol. The van der Waals surface area contributed by atoms with Crippen molar-refractivity contribution in [2.24, 2.45) is 0 Å². The van der Waals surface area contributed by atoms with Gasteiger partial charge in [-0.05, 0) is 72.4 Å². The second-order valence-electron chi connectivity index (χ2n) is 10.9. The zero-order valence-corrected chi connectivity index (χ0v) is 24.2. The van der Waals surface area contributed by atoms with Crippen molar-refractivity contribution in [1.82, 2.24) is 5.32 Å². The fourth-order valence-corrected chi connectivity index (χ4v) is 4.73. The number of hydrogen-bond acceptors (Lipinski definition) is 7. The van der Waals surface area contributed by atoms with Gasteiger partial charge in [-0.1, -0.05) is 66.7 Å². The highest BCUT2D eigenvalue weighted by molar-refractivity contribution is 5.96. The van der Waals surface area contributed by atoms with Gasteiger partial charge in [0.25, 0.3) is 0 Å². The maximum atomic E-state index is 12.7. The van der Waals surface area contributed by atoms with Gasteiger partial charge in [0.1, 0.15) is 12.2 Å². The minimum Gasteiger partial charge on any atom is -0.545 e. The lowest BCUT2D eigenvalue weighted by molar-refractivity contribution is -0.297. The van der Waals surface area contributed by atoms with E-state index in [0.29, 0.717) is 16.8 Å². The molecule has 1 aliphatic carbocycles. The fourth-order valence-electron chi connectivity index (χ4n) is 4.73. The van der Waals surface area contributed by atoms with Crippen molar-refractivity contribution < 1.29 is 33.8 Å². The van der Waals surface area contributed by atoms with Gasteiger partial charge in [0.2, 0.25) is 5.91 Å². The summed E-state index contributed by atoms with van der Waals surface area (Å²) in [6.45, 7) is 5.43. The summed E-state index contributed by atoms with van der Waals surface area (Å²) in [7, 11) is 0. The zero-order chi connectivity index (χ0) is 31.0. The molecule has 0 aliphatic heterocycles. The Morgan fingerprint density at radius 2 is 1.53 bits per heavy atom. The van der Waals surface area contributed by atoms with E-state index in [0.717, 1.165) is 28.3 Å². The predicted octanol–water partition coefficient (Wildman–Crippen LogP) is 4.67. The Morgan fingerprint density at radius 1 is 0.884 bits per heavy atom. The van der Waals surface area contributed by atoms with Gasteiger partial charge in [-0.15, -0.1) is 0 Å². The van der Waals surface area contributed by atoms with E-state index in [-0.39, 0.29) is 25.5 Å². The molecule has 0 unspecified atom stereocenters. The van der Waals surface area contributed by atoms with Gasteiger partial charge < -0.3 is 30.0 Å². The van der Waals surface area contributed by atoms with Gasteiger partial charge >= 0.3 is 12.1 Å². The number of nitrogens with one attached hydrogen (secondary N) is 2. The summed E-state index contributed by atoms with van der Waals surface area (Å²) >= 11 is 0. The maximum Gasteiger partial charge on any atom is 0.407 e. The minimum absolute atomic E-state index is 0.0237. The number of carbonyl (C=O) groups excluding carboxylic acids is 4. The first kappa shape index (κ1) is 30.8. The topological polar surface area (TPSA) is 134 Å². The number of alkyl carbamates (subject to hydrolysis) is 1. The van der Waals surface area contributed by atoms with Crippen LogP contribution in [0.4, 0.5) is 10.5 Å². The van der Waals surface area contributed by atoms with Crippen LogP contribution in [0.1, 0.15) is 55.4 Å². The number of hydrogen-bond donors (Lipinski definition) is 2. The number of aliphatic carboxylic acids is 1. The Bertz CT molecular complexity index is 1540. The number of carboxylic acid groups (broad SMARTS) is 1. The lowest BCUT2D eigenvalue weighted by Gasteiger charge is -2.18. The fraction of sp³-hybridized carbons (Fsp3) is 0.235. The average Bonchev–Trinajstić information content (AvgIpc) is 3.27. The molecule has 0 radical (unpaired) electrons. The van der Waals surface area contributed by atoms with Crippen molar-refractivity contribution >= 4 is 41.8 Å². The molecule has 0 saturated carbocycles. The van der Waals surface area contributed by atoms with E-state index in [9.17, 15) is 24.3 Å². The molecule has 3 aromatic rings. The largest absolute Gasteiger partial charge is 0.545 e. The molecule has 222 valence electrons. The molecule has 0 aromatic heterocycles. The molecule has 0 fully saturated rings. The van der Waals surface area contributed by atoms with Crippen LogP contribution < -0.4 is 15.7 Å². The SMILES string of the molecule is CC(C)(C)OC(=O)/C=C/c1ccc(/C=C/C(=O)[O-])cc1NC(=O)CCNC(=O)OCC1c2ccccc2-c2ccccc21. The highest BCUT2D eigenvalue weighted by atomic mass is 16.6. The van der Waals surface area contributed by atoms with E-state index in [1.165, 1.54) is 18.2 Å². The van der Waals surface area contributed by atoms with Crippen molar-refractivity contribution in [3.63, 3.8) is 0 Å². The molecule has 3 aromatic carbocycles. The Labute approximate surface area is 250 Å². The number of fused-ring (bicyclic) bond motifs is 3.